The van der Waals surface area contributed by atoms with Crippen molar-refractivity contribution in [1.82, 2.24) is 0 Å². The average Bonchev–Trinajstić information content (AvgIpc) is 3.82. The first-order chi connectivity index (χ1) is 23.8. The molecule has 18 atom stereocenters. The van der Waals surface area contributed by atoms with Crippen molar-refractivity contribution in [1.29, 1.82) is 0 Å². The topological polar surface area (TPSA) is 212 Å². The molecule has 4 heterocycles. The van der Waals surface area contributed by atoms with Gasteiger partial charge in [-0.2, -0.15) is 0 Å². The minimum atomic E-state index is -1.91. The molecule has 292 valence electrons. The fourth-order valence-corrected chi connectivity index (χ4v) is 7.46. The van der Waals surface area contributed by atoms with Crippen molar-refractivity contribution in [2.45, 2.75) is 152 Å². The molecule has 15 heteroatoms. The number of ketones is 1. The van der Waals surface area contributed by atoms with Crippen LogP contribution >= 0.6 is 0 Å². The number of aliphatic hydroxyl groups excluding tert-OH is 3. The Labute approximate surface area is 299 Å². The van der Waals surface area contributed by atoms with Gasteiger partial charge in [-0.1, -0.05) is 19.9 Å². The van der Waals surface area contributed by atoms with Crippen LogP contribution in [0.25, 0.3) is 0 Å². The van der Waals surface area contributed by atoms with E-state index < -0.39 is 120 Å². The quantitative estimate of drug-likeness (QED) is 0.171. The van der Waals surface area contributed by atoms with Crippen molar-refractivity contribution >= 4 is 11.8 Å². The average molecular weight is 731 g/mol. The lowest BCUT2D eigenvalue weighted by atomic mass is 9.81. The van der Waals surface area contributed by atoms with Crippen molar-refractivity contribution in [3.8, 4) is 0 Å². The summed E-state index contributed by atoms with van der Waals surface area (Å²) in [4.78, 5) is 26.5. The van der Waals surface area contributed by atoms with Gasteiger partial charge in [-0.25, -0.2) is 4.79 Å². The van der Waals surface area contributed by atoms with Gasteiger partial charge in [0.1, 0.15) is 47.8 Å². The van der Waals surface area contributed by atoms with Gasteiger partial charge in [0.2, 0.25) is 0 Å². The zero-order chi connectivity index (χ0) is 38.0. The summed E-state index contributed by atoms with van der Waals surface area (Å²) >= 11 is 0. The first-order valence-electron chi connectivity index (χ1n) is 17.7. The van der Waals surface area contributed by atoms with E-state index in [1.165, 1.54) is 40.2 Å². The summed E-state index contributed by atoms with van der Waals surface area (Å²) in [5.74, 6) is -2.84. The number of epoxide rings is 1. The maximum Gasteiger partial charge on any atom is 0.330 e. The van der Waals surface area contributed by atoms with Gasteiger partial charge in [0.25, 0.3) is 0 Å². The predicted octanol–water partition coefficient (Wildman–Crippen LogP) is 0.555. The summed E-state index contributed by atoms with van der Waals surface area (Å²) in [6.07, 6.45) is -5.88. The Kier molecular flexibility index (Phi) is 14.0. The van der Waals surface area contributed by atoms with E-state index in [4.69, 9.17) is 37.9 Å². The van der Waals surface area contributed by atoms with Crippen molar-refractivity contribution in [2.75, 3.05) is 20.8 Å². The van der Waals surface area contributed by atoms with Crippen molar-refractivity contribution < 1.29 is 73.0 Å². The van der Waals surface area contributed by atoms with Crippen LogP contribution in [0.3, 0.4) is 0 Å². The van der Waals surface area contributed by atoms with Gasteiger partial charge in [0, 0.05) is 38.6 Å². The smallest absolute Gasteiger partial charge is 0.330 e. The number of methoxy groups -OCH3 is 2. The standard InChI is InChI=1S/C36H58O15/c1-17-10-13-26(39)48-20(4)23(16-46-33-31(45-9)30(44-8)27(40)21(5)49-33)29-24(50-29)11-12-25(38)35(7,42)14-18(2)28(17)51-34-32(41)36(43,22(6)37)15-19(3)47-34/h10-13,17-24,27-34,37,40-43H,14-16H2,1-9H3. The highest BCUT2D eigenvalue weighted by molar-refractivity contribution is 5.96. The molecule has 4 aliphatic heterocycles. The number of rotatable bonds is 8. The van der Waals surface area contributed by atoms with Gasteiger partial charge in [0.15, 0.2) is 18.4 Å². The van der Waals surface area contributed by atoms with Gasteiger partial charge in [0.05, 0.1) is 37.1 Å². The van der Waals surface area contributed by atoms with Crippen LogP contribution in [0.5, 0.6) is 0 Å². The normalized spacial score (nSPS) is 47.8. The second-order valence-electron chi connectivity index (χ2n) is 14.9. The molecular formula is C36H58O15. The summed E-state index contributed by atoms with van der Waals surface area (Å²) in [7, 11) is 2.91. The first kappa shape index (κ1) is 41.9. The summed E-state index contributed by atoms with van der Waals surface area (Å²) in [6, 6.07) is 0. The maximum absolute atomic E-state index is 13.3. The molecule has 4 rings (SSSR count). The van der Waals surface area contributed by atoms with Gasteiger partial charge < -0.3 is 63.4 Å². The Morgan fingerprint density at radius 2 is 1.55 bits per heavy atom. The third kappa shape index (κ3) is 9.63. The molecule has 0 saturated carbocycles. The second kappa shape index (κ2) is 17.1. The third-order valence-corrected chi connectivity index (χ3v) is 10.7. The molecule has 0 aromatic heterocycles. The van der Waals surface area contributed by atoms with E-state index in [0.29, 0.717) is 0 Å². The molecule has 0 amide bonds. The predicted molar refractivity (Wildman–Crippen MR) is 179 cm³/mol. The molecule has 0 bridgehead atoms. The van der Waals surface area contributed by atoms with Crippen LogP contribution in [0.15, 0.2) is 24.3 Å². The Hall–Kier alpha value is -1.86. The van der Waals surface area contributed by atoms with E-state index in [-0.39, 0.29) is 19.4 Å². The number of carbonyl (C=O) groups is 2. The van der Waals surface area contributed by atoms with Gasteiger partial charge in [-0.05, 0) is 59.1 Å². The summed E-state index contributed by atoms with van der Waals surface area (Å²) in [6.45, 7) is 11.4. The molecule has 5 N–H and O–H groups in total. The fourth-order valence-electron chi connectivity index (χ4n) is 7.46. The number of ether oxygens (including phenoxy) is 8. The number of cyclic esters (lactones) is 1. The van der Waals surface area contributed by atoms with Crippen LogP contribution in [0.4, 0.5) is 0 Å². The van der Waals surface area contributed by atoms with E-state index in [1.54, 1.807) is 46.8 Å². The lowest BCUT2D eigenvalue weighted by Gasteiger charge is -2.47. The first-order valence-corrected chi connectivity index (χ1v) is 17.7. The highest BCUT2D eigenvalue weighted by Gasteiger charge is 2.53. The van der Waals surface area contributed by atoms with Crippen LogP contribution < -0.4 is 0 Å². The van der Waals surface area contributed by atoms with Crippen LogP contribution in [0.2, 0.25) is 0 Å². The number of esters is 1. The number of hydrogen-bond donors (Lipinski definition) is 5. The SMILES string of the molecule is COC1C(OCC2C(C)OC(=O)C=CC(C)C(OC3OC(C)CC(O)(C(C)O)C3O)C(C)CC(C)(O)C(=O)C=CC3OC32)OC(C)C(O)C1OC. The van der Waals surface area contributed by atoms with Gasteiger partial charge >= 0.3 is 5.97 Å². The summed E-state index contributed by atoms with van der Waals surface area (Å²) < 4.78 is 46.9. The van der Waals surface area contributed by atoms with E-state index >= 15 is 0 Å². The Morgan fingerprint density at radius 1 is 0.882 bits per heavy atom. The lowest BCUT2D eigenvalue weighted by molar-refractivity contribution is -0.322. The minimum Gasteiger partial charge on any atom is -0.459 e. The molecule has 0 spiro atoms. The zero-order valence-electron chi connectivity index (χ0n) is 31.0. The molecule has 15 nitrogen and oxygen atoms in total. The highest BCUT2D eigenvalue weighted by atomic mass is 16.7. The zero-order valence-corrected chi connectivity index (χ0v) is 31.0. The molecule has 18 unspecified atom stereocenters. The maximum atomic E-state index is 13.3. The molecular weight excluding hydrogens is 672 g/mol. The highest BCUT2D eigenvalue weighted by Crippen LogP contribution is 2.38. The molecule has 0 radical (unpaired) electrons. The van der Waals surface area contributed by atoms with Gasteiger partial charge in [-0.3, -0.25) is 4.79 Å². The van der Waals surface area contributed by atoms with E-state index in [2.05, 4.69) is 0 Å². The Morgan fingerprint density at radius 3 is 2.18 bits per heavy atom. The van der Waals surface area contributed by atoms with Crippen LogP contribution in [-0.4, -0.2) is 149 Å². The molecule has 3 saturated heterocycles. The second-order valence-corrected chi connectivity index (χ2v) is 14.9. The molecule has 4 aliphatic rings. The molecule has 0 aromatic rings. The van der Waals surface area contributed by atoms with Crippen LogP contribution in [-0.2, 0) is 47.5 Å². The Balaban J connectivity index is 1.57. The Bertz CT molecular complexity index is 1240. The van der Waals surface area contributed by atoms with Crippen molar-refractivity contribution in [3.05, 3.63) is 24.3 Å². The largest absolute Gasteiger partial charge is 0.459 e. The molecule has 0 aromatic carbocycles. The fraction of sp³-hybridized carbons (Fsp3) is 0.833. The van der Waals surface area contributed by atoms with Crippen LogP contribution in [0, 0.1) is 17.8 Å². The number of fused-ring (bicyclic) bond motifs is 1. The number of hydrogen-bond acceptors (Lipinski definition) is 15. The molecule has 51 heavy (non-hydrogen) atoms. The van der Waals surface area contributed by atoms with Crippen molar-refractivity contribution in [3.63, 3.8) is 0 Å². The van der Waals surface area contributed by atoms with E-state index in [9.17, 15) is 35.1 Å². The third-order valence-electron chi connectivity index (χ3n) is 10.7. The molecule has 3 fully saturated rings. The number of carbonyl (C=O) groups excluding carboxylic acids is 2. The monoisotopic (exact) mass is 730 g/mol. The lowest BCUT2D eigenvalue weighted by Crippen LogP contribution is -2.63. The minimum absolute atomic E-state index is 0.00657. The summed E-state index contributed by atoms with van der Waals surface area (Å²) in [5.41, 5.74) is -3.74. The summed E-state index contributed by atoms with van der Waals surface area (Å²) in [5, 5.41) is 54.4. The van der Waals surface area contributed by atoms with Gasteiger partial charge in [-0.15, -0.1) is 0 Å². The van der Waals surface area contributed by atoms with Crippen molar-refractivity contribution in [2.24, 2.45) is 17.8 Å². The van der Waals surface area contributed by atoms with E-state index in [1.807, 2.05) is 0 Å². The number of aliphatic hydroxyl groups is 5. The van der Waals surface area contributed by atoms with Crippen LogP contribution in [0.1, 0.15) is 61.3 Å². The van der Waals surface area contributed by atoms with E-state index in [0.717, 1.165) is 0 Å². The molecule has 0 aliphatic carbocycles.